The minimum absolute atomic E-state index is 0.151. The molecular formula is C19H24N4O5S. The predicted molar refractivity (Wildman–Crippen MR) is 105 cm³/mol. The lowest BCUT2D eigenvalue weighted by molar-refractivity contribution is -0.119. The second-order valence-electron chi connectivity index (χ2n) is 6.87. The zero-order chi connectivity index (χ0) is 21.0. The lowest BCUT2D eigenvalue weighted by atomic mass is 10.1. The zero-order valence-corrected chi connectivity index (χ0v) is 17.2. The van der Waals surface area contributed by atoms with Crippen LogP contribution in [0.1, 0.15) is 24.4 Å². The first-order valence-electron chi connectivity index (χ1n) is 9.24. The van der Waals surface area contributed by atoms with Gasteiger partial charge in [0.2, 0.25) is 15.9 Å². The Morgan fingerprint density at radius 1 is 1.24 bits per heavy atom. The molecule has 0 radical (unpaired) electrons. The maximum absolute atomic E-state index is 13.0. The largest absolute Gasteiger partial charge is 0.484 e. The summed E-state index contributed by atoms with van der Waals surface area (Å²) < 4.78 is 38.5. The molecule has 2 N–H and O–H groups in total. The Hall–Kier alpha value is -2.72. The molecule has 1 aliphatic rings. The third kappa shape index (κ3) is 5.42. The first-order valence-corrected chi connectivity index (χ1v) is 10.7. The number of nitrogens with zero attached hydrogens (tertiary/aromatic N) is 3. The molecule has 0 bridgehead atoms. The molecule has 1 aliphatic heterocycles. The molecule has 1 aromatic heterocycles. The fraction of sp³-hybridized carbons (Fsp3) is 0.421. The minimum Gasteiger partial charge on any atom is -0.484 e. The second kappa shape index (κ2) is 8.75. The highest BCUT2D eigenvalue weighted by atomic mass is 32.2. The standard InChI is InChI=1S/C19H24N4O5S/c1-13-10-19(22-14(2)21-13)28-16-4-3-9-23(11-16)29(25,26)17-7-5-15(6-8-17)27-12-18(20)24/h5-8,10,16H,3-4,9,11-12H2,1-2H3,(H2,20,24)/t16-/m0/s1. The molecule has 1 fully saturated rings. The van der Waals surface area contributed by atoms with Crippen molar-refractivity contribution in [3.8, 4) is 11.6 Å². The molecule has 9 nitrogen and oxygen atoms in total. The van der Waals surface area contributed by atoms with Crippen molar-refractivity contribution >= 4 is 15.9 Å². The maximum atomic E-state index is 13.0. The number of hydrogen-bond acceptors (Lipinski definition) is 7. The van der Waals surface area contributed by atoms with Crippen LogP contribution in [0.15, 0.2) is 35.2 Å². The van der Waals surface area contributed by atoms with Gasteiger partial charge < -0.3 is 15.2 Å². The number of rotatable bonds is 7. The molecular weight excluding hydrogens is 396 g/mol. The average molecular weight is 420 g/mol. The number of piperidine rings is 1. The van der Waals surface area contributed by atoms with Gasteiger partial charge in [-0.2, -0.15) is 9.29 Å². The highest BCUT2D eigenvalue weighted by Crippen LogP contribution is 2.24. The number of carbonyl (C=O) groups is 1. The summed E-state index contributed by atoms with van der Waals surface area (Å²) in [6.45, 7) is 4.04. The molecule has 10 heteroatoms. The number of carbonyl (C=O) groups excluding carboxylic acids is 1. The number of aromatic nitrogens is 2. The Morgan fingerprint density at radius 2 is 1.97 bits per heavy atom. The van der Waals surface area contributed by atoms with Crippen molar-refractivity contribution in [2.75, 3.05) is 19.7 Å². The summed E-state index contributed by atoms with van der Waals surface area (Å²) >= 11 is 0. The van der Waals surface area contributed by atoms with Crippen LogP contribution in [0.3, 0.4) is 0 Å². The van der Waals surface area contributed by atoms with Gasteiger partial charge in [0, 0.05) is 18.3 Å². The first kappa shape index (κ1) is 21.0. The molecule has 1 amide bonds. The number of hydrogen-bond donors (Lipinski definition) is 1. The van der Waals surface area contributed by atoms with E-state index in [1.807, 2.05) is 6.92 Å². The smallest absolute Gasteiger partial charge is 0.255 e. The second-order valence-corrected chi connectivity index (χ2v) is 8.80. The van der Waals surface area contributed by atoms with Gasteiger partial charge in [0.25, 0.3) is 5.91 Å². The lowest BCUT2D eigenvalue weighted by Gasteiger charge is -2.31. The maximum Gasteiger partial charge on any atom is 0.255 e. The van der Waals surface area contributed by atoms with Gasteiger partial charge in [-0.15, -0.1) is 0 Å². The monoisotopic (exact) mass is 420 g/mol. The number of amides is 1. The van der Waals surface area contributed by atoms with Gasteiger partial charge in [-0.1, -0.05) is 0 Å². The highest BCUT2D eigenvalue weighted by molar-refractivity contribution is 7.89. The van der Waals surface area contributed by atoms with Gasteiger partial charge in [-0.05, 0) is 51.0 Å². The molecule has 0 aliphatic carbocycles. The Balaban J connectivity index is 1.69. The van der Waals surface area contributed by atoms with Gasteiger partial charge >= 0.3 is 0 Å². The Bertz CT molecular complexity index is 958. The van der Waals surface area contributed by atoms with Crippen molar-refractivity contribution < 1.29 is 22.7 Å². The molecule has 29 heavy (non-hydrogen) atoms. The summed E-state index contributed by atoms with van der Waals surface area (Å²) in [7, 11) is -3.68. The normalized spacial score (nSPS) is 17.7. The molecule has 3 rings (SSSR count). The lowest BCUT2D eigenvalue weighted by Crippen LogP contribution is -2.44. The van der Waals surface area contributed by atoms with E-state index in [-0.39, 0.29) is 24.2 Å². The molecule has 0 unspecified atom stereocenters. The first-order chi connectivity index (χ1) is 13.7. The highest BCUT2D eigenvalue weighted by Gasteiger charge is 2.31. The van der Waals surface area contributed by atoms with Gasteiger partial charge in [0.1, 0.15) is 17.7 Å². The molecule has 0 saturated carbocycles. The van der Waals surface area contributed by atoms with Crippen molar-refractivity contribution in [3.05, 3.63) is 41.9 Å². The predicted octanol–water partition coefficient (Wildman–Crippen LogP) is 1.19. The van der Waals surface area contributed by atoms with E-state index in [4.69, 9.17) is 15.2 Å². The van der Waals surface area contributed by atoms with Crippen LogP contribution < -0.4 is 15.2 Å². The van der Waals surface area contributed by atoms with Crippen LogP contribution in [0, 0.1) is 13.8 Å². The van der Waals surface area contributed by atoms with Gasteiger partial charge in [0.05, 0.1) is 11.4 Å². The third-order valence-electron chi connectivity index (χ3n) is 4.41. The van der Waals surface area contributed by atoms with E-state index in [2.05, 4.69) is 9.97 Å². The summed E-state index contributed by atoms with van der Waals surface area (Å²) in [5, 5.41) is 0. The summed E-state index contributed by atoms with van der Waals surface area (Å²) in [5.74, 6) is 0.835. The van der Waals surface area contributed by atoms with Crippen LogP contribution in [0.25, 0.3) is 0 Å². The average Bonchev–Trinajstić information content (AvgIpc) is 2.66. The molecule has 156 valence electrons. The van der Waals surface area contributed by atoms with Gasteiger partial charge in [-0.25, -0.2) is 13.4 Å². The number of aryl methyl sites for hydroxylation is 2. The van der Waals surface area contributed by atoms with Gasteiger partial charge in [0.15, 0.2) is 6.61 Å². The molecule has 1 atom stereocenters. The van der Waals surface area contributed by atoms with Crippen LogP contribution >= 0.6 is 0 Å². The van der Waals surface area contributed by atoms with E-state index in [9.17, 15) is 13.2 Å². The van der Waals surface area contributed by atoms with E-state index < -0.39 is 15.9 Å². The van der Waals surface area contributed by atoms with E-state index in [0.717, 1.165) is 12.1 Å². The summed E-state index contributed by atoms with van der Waals surface area (Å²) in [6, 6.07) is 7.65. The van der Waals surface area contributed by atoms with Crippen LogP contribution in [0.4, 0.5) is 0 Å². The van der Waals surface area contributed by atoms with Crippen LogP contribution in [-0.2, 0) is 14.8 Å². The van der Waals surface area contributed by atoms with Crippen LogP contribution in [-0.4, -0.2) is 54.4 Å². The zero-order valence-electron chi connectivity index (χ0n) is 16.4. The number of ether oxygens (including phenoxy) is 2. The molecule has 1 aromatic carbocycles. The number of nitrogens with two attached hydrogens (primary N) is 1. The van der Waals surface area contributed by atoms with E-state index >= 15 is 0 Å². The summed E-state index contributed by atoms with van der Waals surface area (Å²) in [6.07, 6.45) is 1.14. The molecule has 2 aromatic rings. The fourth-order valence-electron chi connectivity index (χ4n) is 3.14. The topological polar surface area (TPSA) is 125 Å². The fourth-order valence-corrected chi connectivity index (χ4v) is 4.66. The van der Waals surface area contributed by atoms with Crippen molar-refractivity contribution in [1.29, 1.82) is 0 Å². The van der Waals surface area contributed by atoms with Crippen molar-refractivity contribution in [1.82, 2.24) is 14.3 Å². The van der Waals surface area contributed by atoms with Crippen molar-refractivity contribution in [2.45, 2.75) is 37.7 Å². The van der Waals surface area contributed by atoms with Crippen LogP contribution in [0.5, 0.6) is 11.6 Å². The van der Waals surface area contributed by atoms with Crippen molar-refractivity contribution in [3.63, 3.8) is 0 Å². The molecule has 1 saturated heterocycles. The van der Waals surface area contributed by atoms with E-state index in [0.29, 0.717) is 30.4 Å². The minimum atomic E-state index is -3.68. The Labute approximate surface area is 169 Å². The van der Waals surface area contributed by atoms with E-state index in [1.165, 1.54) is 28.6 Å². The number of benzene rings is 1. The van der Waals surface area contributed by atoms with Gasteiger partial charge in [-0.3, -0.25) is 4.79 Å². The Kier molecular flexibility index (Phi) is 6.33. The molecule has 0 spiro atoms. The number of primary amides is 1. The van der Waals surface area contributed by atoms with Crippen molar-refractivity contribution in [2.24, 2.45) is 5.73 Å². The number of sulfonamides is 1. The summed E-state index contributed by atoms with van der Waals surface area (Å²) in [5.41, 5.74) is 5.83. The third-order valence-corrected chi connectivity index (χ3v) is 6.29. The summed E-state index contributed by atoms with van der Waals surface area (Å²) in [4.78, 5) is 19.4. The Morgan fingerprint density at radius 3 is 2.62 bits per heavy atom. The molecule has 2 heterocycles. The van der Waals surface area contributed by atoms with Crippen LogP contribution in [0.2, 0.25) is 0 Å². The SMILES string of the molecule is Cc1cc(O[C@H]2CCCN(S(=O)(=O)c3ccc(OCC(N)=O)cc3)C2)nc(C)n1. The van der Waals surface area contributed by atoms with E-state index in [1.54, 1.807) is 13.0 Å². The quantitative estimate of drug-likeness (QED) is 0.713.